The third kappa shape index (κ3) is 4.67. The fraction of sp³-hybridized carbons (Fsp3) is 0.188. The van der Waals surface area contributed by atoms with Gasteiger partial charge in [0.05, 0.1) is 0 Å². The molecule has 0 saturated heterocycles. The van der Waals surface area contributed by atoms with Gasteiger partial charge in [-0.3, -0.25) is 0 Å². The summed E-state index contributed by atoms with van der Waals surface area (Å²) in [7, 11) is 0. The van der Waals surface area contributed by atoms with Crippen molar-refractivity contribution in [2.75, 3.05) is 13.1 Å². The molecular formula is C32H28Cl2N4O2. The molecule has 4 aromatic rings. The van der Waals surface area contributed by atoms with E-state index in [1.54, 1.807) is 0 Å². The van der Waals surface area contributed by atoms with Crippen LogP contribution < -0.4 is 0 Å². The monoisotopic (exact) mass is 570 g/mol. The van der Waals surface area contributed by atoms with E-state index in [1.165, 1.54) is 0 Å². The molecule has 0 spiro atoms. The van der Waals surface area contributed by atoms with Gasteiger partial charge in [-0.2, -0.15) is 0 Å². The second-order valence-electron chi connectivity index (χ2n) is 10.0. The minimum atomic E-state index is -0.822. The highest BCUT2D eigenvalue weighted by atomic mass is 35.5. The number of hydrogen-bond donors (Lipinski definition) is 0. The van der Waals surface area contributed by atoms with Crippen molar-refractivity contribution in [3.05, 3.63) is 141 Å². The Labute approximate surface area is 244 Å². The van der Waals surface area contributed by atoms with Gasteiger partial charge in [0.25, 0.3) is 0 Å². The van der Waals surface area contributed by atoms with E-state index in [9.17, 15) is 0 Å². The van der Waals surface area contributed by atoms with Gasteiger partial charge in [0.15, 0.2) is 11.7 Å². The van der Waals surface area contributed by atoms with Crippen LogP contribution in [0.25, 0.3) is 0 Å². The van der Waals surface area contributed by atoms with E-state index in [2.05, 4.69) is 44.4 Å². The molecule has 0 fully saturated rings. The molecule has 0 N–H and O–H groups in total. The normalized spacial score (nSPS) is 22.0. The van der Waals surface area contributed by atoms with Crippen molar-refractivity contribution in [3.63, 3.8) is 0 Å². The van der Waals surface area contributed by atoms with E-state index >= 15 is 0 Å². The Balaban J connectivity index is 1.38. The van der Waals surface area contributed by atoms with Gasteiger partial charge in [0.1, 0.15) is 0 Å². The van der Waals surface area contributed by atoms with Crippen LogP contribution >= 0.6 is 23.2 Å². The third-order valence-corrected chi connectivity index (χ3v) is 8.04. The minimum Gasteiger partial charge on any atom is -0.360 e. The zero-order chi connectivity index (χ0) is 27.7. The highest BCUT2D eigenvalue weighted by molar-refractivity contribution is 6.31. The predicted molar refractivity (Wildman–Crippen MR) is 159 cm³/mol. The lowest BCUT2D eigenvalue weighted by atomic mass is 10.00. The second kappa shape index (κ2) is 10.5. The largest absolute Gasteiger partial charge is 0.360 e. The van der Waals surface area contributed by atoms with Crippen LogP contribution in [0, 0.1) is 0 Å². The predicted octanol–water partition coefficient (Wildman–Crippen LogP) is 7.43. The highest BCUT2D eigenvalue weighted by Crippen LogP contribution is 2.39. The zero-order valence-electron chi connectivity index (χ0n) is 22.2. The molecule has 2 aliphatic heterocycles. The first kappa shape index (κ1) is 26.2. The van der Waals surface area contributed by atoms with E-state index in [0.717, 1.165) is 33.9 Å². The topological polar surface area (TPSA) is 49.7 Å². The van der Waals surface area contributed by atoms with Gasteiger partial charge in [-0.25, -0.2) is 0 Å². The van der Waals surface area contributed by atoms with Crippen molar-refractivity contribution in [1.82, 2.24) is 9.80 Å². The van der Waals surface area contributed by atoms with E-state index < -0.39 is 11.4 Å². The van der Waals surface area contributed by atoms with E-state index in [0.29, 0.717) is 23.1 Å². The molecule has 0 aromatic heterocycles. The Morgan fingerprint density at radius 1 is 0.550 bits per heavy atom. The maximum Gasteiger partial charge on any atom is 0.234 e. The van der Waals surface area contributed by atoms with Crippen molar-refractivity contribution in [2.24, 2.45) is 10.3 Å². The van der Waals surface area contributed by atoms with E-state index in [1.807, 2.05) is 98.8 Å². The first-order valence-electron chi connectivity index (χ1n) is 13.1. The Bertz CT molecular complexity index is 1430. The lowest BCUT2D eigenvalue weighted by Gasteiger charge is -2.39. The molecule has 202 valence electrons. The molecule has 4 aromatic carbocycles. The molecule has 0 bridgehead atoms. The van der Waals surface area contributed by atoms with Crippen molar-refractivity contribution < 1.29 is 9.68 Å². The summed E-state index contributed by atoms with van der Waals surface area (Å²) in [5.74, 6) is 1.46. The van der Waals surface area contributed by atoms with Crippen molar-refractivity contribution in [2.45, 2.75) is 25.3 Å². The lowest BCUT2D eigenvalue weighted by molar-refractivity contribution is -0.109. The van der Waals surface area contributed by atoms with Crippen molar-refractivity contribution in [3.8, 4) is 0 Å². The Hall–Kier alpha value is -4.00. The average Bonchev–Trinajstić information content (AvgIpc) is 3.51. The van der Waals surface area contributed by atoms with Gasteiger partial charge in [-0.05, 0) is 48.5 Å². The minimum absolute atomic E-state index is 0.561. The molecule has 6 rings (SSSR count). The van der Waals surface area contributed by atoms with Crippen molar-refractivity contribution in [1.29, 1.82) is 0 Å². The maximum atomic E-state index is 6.20. The highest BCUT2D eigenvalue weighted by Gasteiger charge is 2.47. The Morgan fingerprint density at radius 2 is 0.900 bits per heavy atom. The number of halogens is 2. The first-order chi connectivity index (χ1) is 19.4. The summed E-state index contributed by atoms with van der Waals surface area (Å²) in [6, 6.07) is 35.5. The van der Waals surface area contributed by atoms with E-state index in [-0.39, 0.29) is 0 Å². The molecule has 2 atom stereocenters. The van der Waals surface area contributed by atoms with Gasteiger partial charge >= 0.3 is 0 Å². The number of nitrogens with zero attached hydrogens (tertiary/aromatic N) is 4. The zero-order valence-corrected chi connectivity index (χ0v) is 23.7. The quantitative estimate of drug-likeness (QED) is 0.232. The van der Waals surface area contributed by atoms with Gasteiger partial charge in [-0.1, -0.05) is 94.2 Å². The molecule has 0 radical (unpaired) electrons. The standard InChI is InChI=1S/C32H28Cl2N4O2/c1-31(25-9-5-3-6-10-25)37(29(35-39-31)23-13-17-27(33)18-14-23)21-22-38-30(24-15-19-28(34)20-16-24)36-40-32(38,2)26-11-7-4-8-12-26/h3-20H,21-22H2,1-2H3. The fourth-order valence-electron chi connectivity index (χ4n) is 5.23. The molecule has 0 saturated carbocycles. The first-order valence-corrected chi connectivity index (χ1v) is 13.8. The summed E-state index contributed by atoms with van der Waals surface area (Å²) in [5.41, 5.74) is 2.18. The smallest absolute Gasteiger partial charge is 0.234 e. The summed E-state index contributed by atoms with van der Waals surface area (Å²) < 4.78 is 0. The average molecular weight is 572 g/mol. The molecular weight excluding hydrogens is 543 g/mol. The third-order valence-electron chi connectivity index (χ3n) is 7.53. The van der Waals surface area contributed by atoms with E-state index in [4.69, 9.17) is 32.9 Å². The summed E-state index contributed by atoms with van der Waals surface area (Å²) in [5, 5.41) is 10.5. The summed E-state index contributed by atoms with van der Waals surface area (Å²) in [6.07, 6.45) is 0. The van der Waals surface area contributed by atoms with Gasteiger partial charge in [0, 0.05) is 59.2 Å². The summed E-state index contributed by atoms with van der Waals surface area (Å²) in [4.78, 5) is 16.8. The fourth-order valence-corrected chi connectivity index (χ4v) is 5.48. The number of benzene rings is 4. The summed E-state index contributed by atoms with van der Waals surface area (Å²) in [6.45, 7) is 5.20. The molecule has 0 amide bonds. The molecule has 40 heavy (non-hydrogen) atoms. The van der Waals surface area contributed by atoms with Crippen LogP contribution in [0.4, 0.5) is 0 Å². The Kier molecular flexibility index (Phi) is 6.90. The van der Waals surface area contributed by atoms with Crippen LogP contribution in [0.15, 0.2) is 120 Å². The molecule has 6 nitrogen and oxygen atoms in total. The summed E-state index contributed by atoms with van der Waals surface area (Å²) >= 11 is 12.4. The number of hydrogen-bond acceptors (Lipinski definition) is 6. The Morgan fingerprint density at radius 3 is 1.25 bits per heavy atom. The number of rotatable bonds is 7. The van der Waals surface area contributed by atoms with Gasteiger partial charge < -0.3 is 19.5 Å². The SMILES string of the molecule is CC1(c2ccccc2)ON=C(c2ccc(Cl)cc2)N1CCN1C(c2ccc(Cl)cc2)=NOC1(C)c1ccccc1. The molecule has 2 heterocycles. The molecule has 2 aliphatic rings. The maximum absolute atomic E-state index is 6.20. The number of oxime groups is 2. The number of amidine groups is 2. The van der Waals surface area contributed by atoms with Crippen molar-refractivity contribution >= 4 is 34.9 Å². The van der Waals surface area contributed by atoms with Gasteiger partial charge in [0.2, 0.25) is 11.4 Å². The second-order valence-corrected chi connectivity index (χ2v) is 10.9. The van der Waals surface area contributed by atoms with Crippen LogP contribution in [0.5, 0.6) is 0 Å². The van der Waals surface area contributed by atoms with Crippen LogP contribution in [0.1, 0.15) is 36.1 Å². The lowest BCUT2D eigenvalue weighted by Crippen LogP contribution is -2.51. The molecule has 8 heteroatoms. The van der Waals surface area contributed by atoms with Crippen LogP contribution in [0.3, 0.4) is 0 Å². The van der Waals surface area contributed by atoms with Crippen LogP contribution in [-0.4, -0.2) is 34.6 Å². The van der Waals surface area contributed by atoms with Crippen LogP contribution in [0.2, 0.25) is 10.0 Å². The van der Waals surface area contributed by atoms with Gasteiger partial charge in [-0.15, -0.1) is 0 Å². The molecule has 0 aliphatic carbocycles. The van der Waals surface area contributed by atoms with Crippen LogP contribution in [-0.2, 0) is 21.1 Å². The molecule has 2 unspecified atom stereocenters.